The fourth-order valence-corrected chi connectivity index (χ4v) is 3.35. The number of benzene rings is 1. The van der Waals surface area contributed by atoms with E-state index in [1.807, 2.05) is 0 Å². The highest BCUT2D eigenvalue weighted by Crippen LogP contribution is 2.38. The van der Waals surface area contributed by atoms with Crippen molar-refractivity contribution in [2.75, 3.05) is 13.1 Å². The van der Waals surface area contributed by atoms with Gasteiger partial charge < -0.3 is 0 Å². The molecule has 1 aromatic carbocycles. The van der Waals surface area contributed by atoms with Gasteiger partial charge in [0.1, 0.15) is 6.33 Å². The Labute approximate surface area is 183 Å². The minimum atomic E-state index is -5.00. The molecule has 2 amide bonds. The Bertz CT molecular complexity index is 1070. The fraction of sp³-hybridized carbons (Fsp3) is 0.400. The van der Waals surface area contributed by atoms with Crippen LogP contribution in [0.1, 0.15) is 30.4 Å². The standard InChI is InChI=1S/C20H17F6N5O2/c21-19(22,23)14-7-13(8-15(9-14)20(24,25)26)18-27-11-29(28-18)5-3-16(32)30-6-4-17(33)31(30)10-12-1-2-12/h3,5,7-9,11-12H,1-2,4,6,10H2/b5-3-. The number of aromatic nitrogens is 3. The number of hydrogen-bond donors (Lipinski definition) is 0. The van der Waals surface area contributed by atoms with Gasteiger partial charge in [-0.1, -0.05) is 0 Å². The topological polar surface area (TPSA) is 71.3 Å². The zero-order valence-electron chi connectivity index (χ0n) is 16.9. The molecule has 0 bridgehead atoms. The zero-order valence-corrected chi connectivity index (χ0v) is 16.9. The van der Waals surface area contributed by atoms with Crippen molar-refractivity contribution < 1.29 is 35.9 Å². The van der Waals surface area contributed by atoms with Gasteiger partial charge in [-0.3, -0.25) is 14.6 Å². The fourth-order valence-electron chi connectivity index (χ4n) is 3.35. The maximum absolute atomic E-state index is 13.1. The van der Waals surface area contributed by atoms with Crippen LogP contribution in [0.15, 0.2) is 30.6 Å². The number of nitrogens with zero attached hydrogens (tertiary/aromatic N) is 5. The number of carbonyl (C=O) groups excluding carboxylic acids is 2. The van der Waals surface area contributed by atoms with Crippen molar-refractivity contribution in [3.8, 4) is 11.4 Å². The number of hydrogen-bond acceptors (Lipinski definition) is 4. The summed E-state index contributed by atoms with van der Waals surface area (Å²) in [6.45, 7) is 0.685. The Kier molecular flexibility index (Phi) is 5.66. The second-order valence-corrected chi connectivity index (χ2v) is 7.79. The summed E-state index contributed by atoms with van der Waals surface area (Å²) in [7, 11) is 0. The summed E-state index contributed by atoms with van der Waals surface area (Å²) in [5.74, 6) is -0.664. The van der Waals surface area contributed by atoms with Crippen molar-refractivity contribution >= 4 is 18.0 Å². The van der Waals surface area contributed by atoms with E-state index in [9.17, 15) is 35.9 Å². The highest BCUT2D eigenvalue weighted by Gasteiger charge is 2.38. The molecule has 0 unspecified atom stereocenters. The lowest BCUT2D eigenvalue weighted by Crippen LogP contribution is -2.43. The first-order valence-corrected chi connectivity index (χ1v) is 9.93. The maximum Gasteiger partial charge on any atom is 0.416 e. The lowest BCUT2D eigenvalue weighted by Gasteiger charge is -2.26. The van der Waals surface area contributed by atoms with Crippen molar-refractivity contribution in [3.05, 3.63) is 41.7 Å². The molecular weight excluding hydrogens is 456 g/mol. The van der Waals surface area contributed by atoms with E-state index < -0.39 is 35.0 Å². The molecule has 176 valence electrons. The van der Waals surface area contributed by atoms with E-state index >= 15 is 0 Å². The molecule has 1 saturated carbocycles. The molecular formula is C20H17F6N5O2. The molecule has 33 heavy (non-hydrogen) atoms. The summed E-state index contributed by atoms with van der Waals surface area (Å²) in [6.07, 6.45) is -4.49. The van der Waals surface area contributed by atoms with Gasteiger partial charge in [-0.05, 0) is 37.0 Å². The van der Waals surface area contributed by atoms with E-state index in [1.54, 1.807) is 0 Å². The molecule has 2 aromatic rings. The van der Waals surface area contributed by atoms with Gasteiger partial charge in [0.2, 0.25) is 5.91 Å². The van der Waals surface area contributed by atoms with E-state index in [2.05, 4.69) is 10.1 Å². The Morgan fingerprint density at radius 1 is 1.06 bits per heavy atom. The quantitative estimate of drug-likeness (QED) is 0.489. The normalized spacial score (nSPS) is 17.5. The van der Waals surface area contributed by atoms with Crippen molar-refractivity contribution in [1.82, 2.24) is 24.8 Å². The molecule has 0 atom stereocenters. The van der Waals surface area contributed by atoms with Gasteiger partial charge in [0.05, 0.1) is 17.7 Å². The Morgan fingerprint density at radius 2 is 1.70 bits per heavy atom. The third kappa shape index (κ3) is 5.17. The summed E-state index contributed by atoms with van der Waals surface area (Å²) in [5, 5.41) is 6.55. The van der Waals surface area contributed by atoms with Crippen LogP contribution in [0.25, 0.3) is 17.6 Å². The molecule has 1 aliphatic heterocycles. The largest absolute Gasteiger partial charge is 0.416 e. The van der Waals surface area contributed by atoms with E-state index in [4.69, 9.17) is 0 Å². The van der Waals surface area contributed by atoms with Crippen LogP contribution in [0, 0.1) is 5.92 Å². The Morgan fingerprint density at radius 3 is 2.27 bits per heavy atom. The second kappa shape index (κ2) is 8.19. The lowest BCUT2D eigenvalue weighted by atomic mass is 10.0. The van der Waals surface area contributed by atoms with Crippen LogP contribution >= 0.6 is 0 Å². The van der Waals surface area contributed by atoms with Crippen LogP contribution in [0.4, 0.5) is 26.3 Å². The molecule has 0 N–H and O–H groups in total. The van der Waals surface area contributed by atoms with Crippen LogP contribution < -0.4 is 0 Å². The second-order valence-electron chi connectivity index (χ2n) is 7.79. The summed E-state index contributed by atoms with van der Waals surface area (Å²) in [5.41, 5.74) is -3.44. The first kappa shape index (κ1) is 22.8. The van der Waals surface area contributed by atoms with Crippen LogP contribution in [-0.2, 0) is 21.9 Å². The molecule has 2 fully saturated rings. The summed E-state index contributed by atoms with van der Waals surface area (Å²) >= 11 is 0. The van der Waals surface area contributed by atoms with Gasteiger partial charge in [-0.25, -0.2) is 14.7 Å². The number of rotatable bonds is 5. The van der Waals surface area contributed by atoms with Gasteiger partial charge in [0.15, 0.2) is 5.82 Å². The van der Waals surface area contributed by atoms with Crippen molar-refractivity contribution in [3.63, 3.8) is 0 Å². The molecule has 1 aliphatic carbocycles. The van der Waals surface area contributed by atoms with Gasteiger partial charge in [0.25, 0.3) is 5.91 Å². The van der Waals surface area contributed by atoms with Crippen molar-refractivity contribution in [2.24, 2.45) is 5.92 Å². The molecule has 2 heterocycles. The number of halogens is 6. The summed E-state index contributed by atoms with van der Waals surface area (Å²) in [6, 6.07) is 1.06. The average molecular weight is 473 g/mol. The number of carbonyl (C=O) groups is 2. The monoisotopic (exact) mass is 473 g/mol. The lowest BCUT2D eigenvalue weighted by molar-refractivity contribution is -0.151. The molecule has 13 heteroatoms. The molecule has 1 saturated heterocycles. The third-order valence-electron chi connectivity index (χ3n) is 5.22. The highest BCUT2D eigenvalue weighted by molar-refractivity contribution is 5.93. The van der Waals surface area contributed by atoms with Crippen LogP contribution in [-0.4, -0.2) is 49.7 Å². The van der Waals surface area contributed by atoms with Gasteiger partial charge in [-0.2, -0.15) is 26.3 Å². The number of hydrazine groups is 1. The minimum Gasteiger partial charge on any atom is -0.273 e. The Hall–Kier alpha value is -3.38. The summed E-state index contributed by atoms with van der Waals surface area (Å²) in [4.78, 5) is 28.3. The number of alkyl halides is 6. The molecule has 1 aromatic heterocycles. The molecule has 2 aliphatic rings. The van der Waals surface area contributed by atoms with Crippen molar-refractivity contribution in [1.29, 1.82) is 0 Å². The van der Waals surface area contributed by atoms with Gasteiger partial charge in [0, 0.05) is 30.8 Å². The van der Waals surface area contributed by atoms with E-state index in [0.29, 0.717) is 24.6 Å². The molecule has 0 radical (unpaired) electrons. The molecule has 7 nitrogen and oxygen atoms in total. The summed E-state index contributed by atoms with van der Waals surface area (Å²) < 4.78 is 79.4. The van der Waals surface area contributed by atoms with E-state index in [0.717, 1.165) is 36.1 Å². The predicted molar refractivity (Wildman–Crippen MR) is 102 cm³/mol. The average Bonchev–Trinajstić information content (AvgIpc) is 3.30. The first-order chi connectivity index (χ1) is 15.4. The predicted octanol–water partition coefficient (Wildman–Crippen LogP) is 3.84. The van der Waals surface area contributed by atoms with Crippen LogP contribution in [0.5, 0.6) is 0 Å². The maximum atomic E-state index is 13.1. The van der Waals surface area contributed by atoms with Gasteiger partial charge >= 0.3 is 12.4 Å². The third-order valence-corrected chi connectivity index (χ3v) is 5.22. The Balaban J connectivity index is 1.54. The van der Waals surface area contributed by atoms with Gasteiger partial charge in [-0.15, -0.1) is 5.10 Å². The van der Waals surface area contributed by atoms with E-state index in [-0.39, 0.29) is 30.8 Å². The van der Waals surface area contributed by atoms with Crippen LogP contribution in [0.3, 0.4) is 0 Å². The minimum absolute atomic E-state index is 0.0177. The zero-order chi connectivity index (χ0) is 24.0. The van der Waals surface area contributed by atoms with Crippen LogP contribution in [0.2, 0.25) is 0 Å². The molecule has 4 rings (SSSR count). The SMILES string of the molecule is O=C(/C=C\n1cnc(-c2cc(C(F)(F)F)cc(C(F)(F)F)c2)n1)N1CCC(=O)N1CC1CC1. The first-order valence-electron chi connectivity index (χ1n) is 9.93. The van der Waals surface area contributed by atoms with E-state index in [1.165, 1.54) is 10.0 Å². The smallest absolute Gasteiger partial charge is 0.273 e. The number of amides is 2. The van der Waals surface area contributed by atoms with Crippen molar-refractivity contribution in [2.45, 2.75) is 31.6 Å². The highest BCUT2D eigenvalue weighted by atomic mass is 19.4. The molecule has 0 spiro atoms.